The zero-order valence-corrected chi connectivity index (χ0v) is 26.6. The van der Waals surface area contributed by atoms with E-state index >= 15 is 0 Å². The average Bonchev–Trinajstić information content (AvgIpc) is 3.46. The van der Waals surface area contributed by atoms with Gasteiger partial charge in [-0.15, -0.1) is 0 Å². The van der Waals surface area contributed by atoms with Gasteiger partial charge in [-0.05, 0) is 105 Å². The quantitative estimate of drug-likeness (QED) is 0.179. The lowest BCUT2D eigenvalue weighted by atomic mass is 10.1. The highest BCUT2D eigenvalue weighted by Gasteiger charge is 2.21. The number of benzene rings is 7. The molecule has 8 aromatic rings. The highest BCUT2D eigenvalue weighted by molar-refractivity contribution is 6.16. The first kappa shape index (κ1) is 28.4. The van der Waals surface area contributed by atoms with Gasteiger partial charge in [0.1, 0.15) is 0 Å². The molecule has 0 amide bonds. The largest absolute Gasteiger partial charge is 0.311 e. The van der Waals surface area contributed by atoms with Crippen LogP contribution >= 0.6 is 0 Å². The van der Waals surface area contributed by atoms with Crippen LogP contribution in [0.15, 0.2) is 176 Å². The van der Waals surface area contributed by atoms with E-state index in [9.17, 15) is 0 Å². The van der Waals surface area contributed by atoms with Crippen molar-refractivity contribution in [2.75, 3.05) is 9.80 Å². The van der Waals surface area contributed by atoms with Gasteiger partial charge in [0.15, 0.2) is 0 Å². The lowest BCUT2D eigenvalue weighted by Crippen LogP contribution is -2.10. The van der Waals surface area contributed by atoms with Gasteiger partial charge in [0.25, 0.3) is 0 Å². The maximum absolute atomic E-state index is 2.40. The normalized spacial score (nSPS) is 11.2. The number of hydrogen-bond donors (Lipinski definition) is 0. The van der Waals surface area contributed by atoms with Crippen LogP contribution in [-0.2, 0) is 0 Å². The van der Waals surface area contributed by atoms with Gasteiger partial charge in [-0.1, -0.05) is 96.1 Å². The molecule has 0 radical (unpaired) electrons. The van der Waals surface area contributed by atoms with Crippen molar-refractivity contribution < 1.29 is 0 Å². The van der Waals surface area contributed by atoms with Crippen molar-refractivity contribution in [3.05, 3.63) is 187 Å². The lowest BCUT2D eigenvalue weighted by molar-refractivity contribution is 1.17. The molecule has 0 spiro atoms. The van der Waals surface area contributed by atoms with Crippen molar-refractivity contribution in [2.24, 2.45) is 0 Å². The van der Waals surface area contributed by atoms with E-state index in [0.29, 0.717) is 0 Å². The molecule has 3 nitrogen and oxygen atoms in total. The van der Waals surface area contributed by atoms with Gasteiger partial charge < -0.3 is 14.4 Å². The Labute approximate surface area is 276 Å². The van der Waals surface area contributed by atoms with Crippen molar-refractivity contribution in [1.82, 2.24) is 4.57 Å². The first-order valence-corrected chi connectivity index (χ1v) is 16.1. The van der Waals surface area contributed by atoms with Crippen LogP contribution in [0, 0.1) is 13.8 Å². The van der Waals surface area contributed by atoms with Crippen molar-refractivity contribution in [2.45, 2.75) is 13.8 Å². The fourth-order valence-electron chi connectivity index (χ4n) is 6.63. The third-order valence-corrected chi connectivity index (χ3v) is 8.90. The second-order valence-electron chi connectivity index (χ2n) is 12.1. The molecule has 8 rings (SSSR count). The monoisotopic (exact) mass is 605 g/mol. The summed E-state index contributed by atoms with van der Waals surface area (Å²) >= 11 is 0. The standard InChI is InChI=1S/C44H35N3/c1-32-20-24-36(25-21-32)45(34-12-5-3-6-13-34)37-28-30-39(31-29-37)47-41-17-10-9-16-40(41)44-42(18-11-19-43(44)47)46(35-14-7-4-8-15-35)38-26-22-33(2)23-27-38/h3-31H,1-2H3. The second-order valence-corrected chi connectivity index (χ2v) is 12.1. The molecule has 0 saturated carbocycles. The number of hydrogen-bond acceptors (Lipinski definition) is 2. The maximum atomic E-state index is 2.40. The third-order valence-electron chi connectivity index (χ3n) is 8.90. The summed E-state index contributed by atoms with van der Waals surface area (Å²) in [6, 6.07) is 63.1. The number of aromatic nitrogens is 1. The van der Waals surface area contributed by atoms with Gasteiger partial charge in [0.05, 0.1) is 16.7 Å². The van der Waals surface area contributed by atoms with Gasteiger partial charge in [0, 0.05) is 44.9 Å². The molecule has 0 aliphatic carbocycles. The number of aryl methyl sites for hydroxylation is 2. The molecule has 0 bridgehead atoms. The SMILES string of the molecule is Cc1ccc(N(c2ccccc2)c2ccc(-n3c4ccccc4c4c(N(c5ccccc5)c5ccc(C)cc5)cccc43)cc2)cc1. The summed E-state index contributed by atoms with van der Waals surface area (Å²) in [5, 5.41) is 2.45. The number of para-hydroxylation sites is 3. The van der Waals surface area contributed by atoms with E-state index in [-0.39, 0.29) is 0 Å². The van der Waals surface area contributed by atoms with Crippen molar-refractivity contribution in [1.29, 1.82) is 0 Å². The van der Waals surface area contributed by atoms with Crippen molar-refractivity contribution >= 4 is 55.9 Å². The lowest BCUT2D eigenvalue weighted by Gasteiger charge is -2.26. The van der Waals surface area contributed by atoms with Crippen LogP contribution in [0.4, 0.5) is 34.1 Å². The molecule has 0 atom stereocenters. The second kappa shape index (κ2) is 12.0. The Kier molecular flexibility index (Phi) is 7.28. The molecule has 0 saturated heterocycles. The van der Waals surface area contributed by atoms with Crippen LogP contribution < -0.4 is 9.80 Å². The molecule has 0 N–H and O–H groups in total. The fourth-order valence-corrected chi connectivity index (χ4v) is 6.63. The smallest absolute Gasteiger partial charge is 0.0562 e. The zero-order valence-electron chi connectivity index (χ0n) is 26.6. The highest BCUT2D eigenvalue weighted by Crippen LogP contribution is 2.44. The molecule has 7 aromatic carbocycles. The van der Waals surface area contributed by atoms with E-state index in [1.807, 2.05) is 0 Å². The molecule has 0 aliphatic heterocycles. The summed E-state index contributed by atoms with van der Waals surface area (Å²) in [6.07, 6.45) is 0. The van der Waals surface area contributed by atoms with Gasteiger partial charge in [-0.2, -0.15) is 0 Å². The Balaban J connectivity index is 1.30. The number of anilines is 6. The Morgan fingerprint density at radius 2 is 0.809 bits per heavy atom. The van der Waals surface area contributed by atoms with E-state index < -0.39 is 0 Å². The molecule has 1 heterocycles. The molecule has 3 heteroatoms. The van der Waals surface area contributed by atoms with Gasteiger partial charge in [0.2, 0.25) is 0 Å². The molecule has 0 aliphatic rings. The Morgan fingerprint density at radius 1 is 0.362 bits per heavy atom. The minimum absolute atomic E-state index is 1.11. The summed E-state index contributed by atoms with van der Waals surface area (Å²) in [4.78, 5) is 4.69. The van der Waals surface area contributed by atoms with Crippen LogP contribution in [0.1, 0.15) is 11.1 Å². The van der Waals surface area contributed by atoms with Crippen molar-refractivity contribution in [3.8, 4) is 5.69 Å². The van der Waals surface area contributed by atoms with Crippen LogP contribution in [0.3, 0.4) is 0 Å². The highest BCUT2D eigenvalue weighted by atomic mass is 15.2. The van der Waals surface area contributed by atoms with E-state index in [0.717, 1.165) is 39.8 Å². The van der Waals surface area contributed by atoms with E-state index in [2.05, 4.69) is 204 Å². The molecule has 0 fully saturated rings. The Bertz CT molecular complexity index is 2290. The van der Waals surface area contributed by atoms with Crippen LogP contribution in [0.5, 0.6) is 0 Å². The first-order chi connectivity index (χ1) is 23.2. The van der Waals surface area contributed by atoms with Crippen LogP contribution in [-0.4, -0.2) is 4.57 Å². The van der Waals surface area contributed by atoms with E-state index in [1.54, 1.807) is 0 Å². The molecule has 0 unspecified atom stereocenters. The summed E-state index contributed by atoms with van der Waals surface area (Å²) in [6.45, 7) is 4.26. The first-order valence-electron chi connectivity index (χ1n) is 16.1. The topological polar surface area (TPSA) is 11.4 Å². The fraction of sp³-hybridized carbons (Fsp3) is 0.0455. The Hall–Kier alpha value is -6.06. The van der Waals surface area contributed by atoms with Gasteiger partial charge >= 0.3 is 0 Å². The van der Waals surface area contributed by atoms with Crippen molar-refractivity contribution in [3.63, 3.8) is 0 Å². The van der Waals surface area contributed by atoms with Gasteiger partial charge in [-0.25, -0.2) is 0 Å². The van der Waals surface area contributed by atoms with E-state index in [4.69, 9.17) is 0 Å². The minimum Gasteiger partial charge on any atom is -0.311 e. The van der Waals surface area contributed by atoms with Gasteiger partial charge in [-0.3, -0.25) is 0 Å². The summed E-state index contributed by atoms with van der Waals surface area (Å²) in [5.74, 6) is 0. The van der Waals surface area contributed by atoms with Crippen LogP contribution in [0.25, 0.3) is 27.5 Å². The van der Waals surface area contributed by atoms with E-state index in [1.165, 1.54) is 32.9 Å². The van der Waals surface area contributed by atoms with Crippen LogP contribution in [0.2, 0.25) is 0 Å². The summed E-state index contributed by atoms with van der Waals surface area (Å²) < 4.78 is 2.40. The molecular formula is C44H35N3. The molecule has 47 heavy (non-hydrogen) atoms. The average molecular weight is 606 g/mol. The minimum atomic E-state index is 1.11. The number of fused-ring (bicyclic) bond motifs is 3. The molecule has 226 valence electrons. The predicted octanol–water partition coefficient (Wildman–Crippen LogP) is 12.3. The summed E-state index contributed by atoms with van der Waals surface area (Å²) in [7, 11) is 0. The third kappa shape index (κ3) is 5.22. The molecule has 1 aromatic heterocycles. The maximum Gasteiger partial charge on any atom is 0.0562 e. The number of nitrogens with zero attached hydrogens (tertiary/aromatic N) is 3. The Morgan fingerprint density at radius 3 is 1.40 bits per heavy atom. The summed E-state index contributed by atoms with van der Waals surface area (Å²) in [5.41, 5.74) is 12.7. The zero-order chi connectivity index (χ0) is 31.7. The molecular weight excluding hydrogens is 571 g/mol. The predicted molar refractivity (Wildman–Crippen MR) is 200 cm³/mol. The number of rotatable bonds is 7.